The van der Waals surface area contributed by atoms with Gasteiger partial charge in [0.05, 0.1) is 6.20 Å². The van der Waals surface area contributed by atoms with Crippen LogP contribution in [0.25, 0.3) is 0 Å². The summed E-state index contributed by atoms with van der Waals surface area (Å²) < 4.78 is 5.19. The number of nitrogens with zero attached hydrogens (tertiary/aromatic N) is 5. The van der Waals surface area contributed by atoms with Crippen LogP contribution in [-0.4, -0.2) is 46.2 Å². The lowest BCUT2D eigenvalue weighted by molar-refractivity contribution is 0.305. The molecule has 0 N–H and O–H groups in total. The molecule has 1 aliphatic carbocycles. The molecule has 2 aromatic heterocycles. The van der Waals surface area contributed by atoms with Gasteiger partial charge in [0.15, 0.2) is 0 Å². The van der Waals surface area contributed by atoms with Gasteiger partial charge in [0.25, 0.3) is 0 Å². The van der Waals surface area contributed by atoms with Crippen LogP contribution in [-0.2, 0) is 6.54 Å². The monoisotopic (exact) mass is 339 g/mol. The first-order chi connectivity index (χ1) is 12.3. The molecule has 6 heteroatoms. The van der Waals surface area contributed by atoms with Crippen molar-refractivity contribution >= 4 is 5.82 Å². The van der Waals surface area contributed by atoms with E-state index in [-0.39, 0.29) is 0 Å². The molecule has 2 aliphatic heterocycles. The van der Waals surface area contributed by atoms with Crippen molar-refractivity contribution < 1.29 is 4.52 Å². The Morgan fingerprint density at radius 2 is 1.92 bits per heavy atom. The average Bonchev–Trinajstić information content (AvgIpc) is 3.22. The maximum atomic E-state index is 5.19. The van der Waals surface area contributed by atoms with Gasteiger partial charge in [-0.2, -0.15) is 0 Å². The van der Waals surface area contributed by atoms with Gasteiger partial charge in [-0.05, 0) is 31.6 Å². The van der Waals surface area contributed by atoms with Crippen LogP contribution in [0.3, 0.4) is 0 Å². The van der Waals surface area contributed by atoms with Crippen molar-refractivity contribution in [2.45, 2.75) is 38.6 Å². The largest absolute Gasteiger partial charge is 0.361 e. The lowest BCUT2D eigenvalue weighted by Gasteiger charge is -2.26. The average molecular weight is 339 g/mol. The minimum absolute atomic E-state index is 0.672. The van der Waals surface area contributed by atoms with Crippen LogP contribution in [0.2, 0.25) is 0 Å². The topological polar surface area (TPSA) is 58.3 Å². The molecule has 2 unspecified atom stereocenters. The Bertz CT molecular complexity index is 742. The number of aromatic nitrogens is 3. The summed E-state index contributed by atoms with van der Waals surface area (Å²) in [4.78, 5) is 14.1. The van der Waals surface area contributed by atoms with E-state index in [4.69, 9.17) is 4.52 Å². The Labute approximate surface area is 148 Å². The highest BCUT2D eigenvalue weighted by Gasteiger charge is 2.40. The third-order valence-corrected chi connectivity index (χ3v) is 6.33. The molecular weight excluding hydrogens is 314 g/mol. The summed E-state index contributed by atoms with van der Waals surface area (Å²) in [6.45, 7) is 7.51. The smallest absolute Gasteiger partial charge is 0.138 e. The molecule has 0 aromatic carbocycles. The molecule has 0 amide bonds. The first-order valence-corrected chi connectivity index (χ1v) is 9.45. The maximum absolute atomic E-state index is 5.19. The highest BCUT2D eigenvalue weighted by molar-refractivity contribution is 5.42. The molecule has 2 atom stereocenters. The first kappa shape index (κ1) is 15.3. The summed E-state index contributed by atoms with van der Waals surface area (Å²) in [5.74, 6) is 4.23. The van der Waals surface area contributed by atoms with Crippen LogP contribution in [0.4, 0.5) is 5.82 Å². The predicted molar refractivity (Wildman–Crippen MR) is 94.3 cm³/mol. The fourth-order valence-electron chi connectivity index (χ4n) is 4.58. The second kappa shape index (κ2) is 6.09. The van der Waals surface area contributed by atoms with Gasteiger partial charge in [0, 0.05) is 56.0 Å². The van der Waals surface area contributed by atoms with Crippen LogP contribution in [0.15, 0.2) is 23.1 Å². The zero-order chi connectivity index (χ0) is 16.8. The Morgan fingerprint density at radius 1 is 1.12 bits per heavy atom. The molecule has 6 nitrogen and oxygen atoms in total. The van der Waals surface area contributed by atoms with Crippen LogP contribution in [0.5, 0.6) is 0 Å². The van der Waals surface area contributed by atoms with Crippen LogP contribution in [0, 0.1) is 18.8 Å². The molecule has 0 radical (unpaired) electrons. The molecule has 2 saturated heterocycles. The molecule has 2 aromatic rings. The third-order valence-electron chi connectivity index (χ3n) is 6.33. The summed E-state index contributed by atoms with van der Waals surface area (Å²) in [5.41, 5.74) is 2.47. The van der Waals surface area contributed by atoms with Gasteiger partial charge in [-0.25, -0.2) is 9.97 Å². The number of likely N-dealkylation sites (tertiary alicyclic amines) is 1. The SMILES string of the molecule is Cc1oncc1CN1CC2CN(c3cc(C4CCC4)ncn3)CC2C1. The quantitative estimate of drug-likeness (QED) is 0.853. The van der Waals surface area contributed by atoms with E-state index in [9.17, 15) is 0 Å². The lowest BCUT2D eigenvalue weighted by atomic mass is 9.83. The van der Waals surface area contributed by atoms with Crippen molar-refractivity contribution in [3.8, 4) is 0 Å². The van der Waals surface area contributed by atoms with E-state index in [0.29, 0.717) is 5.92 Å². The molecule has 0 spiro atoms. The predicted octanol–water partition coefficient (Wildman–Crippen LogP) is 2.61. The molecule has 5 rings (SSSR count). The van der Waals surface area contributed by atoms with Gasteiger partial charge >= 0.3 is 0 Å². The van der Waals surface area contributed by atoms with Gasteiger partial charge in [0.1, 0.15) is 17.9 Å². The lowest BCUT2D eigenvalue weighted by Crippen LogP contribution is -2.29. The van der Waals surface area contributed by atoms with E-state index in [0.717, 1.165) is 56.1 Å². The Kier molecular flexibility index (Phi) is 3.73. The first-order valence-electron chi connectivity index (χ1n) is 9.45. The molecule has 25 heavy (non-hydrogen) atoms. The van der Waals surface area contributed by atoms with Crippen LogP contribution in [0.1, 0.15) is 42.2 Å². The highest BCUT2D eigenvalue weighted by atomic mass is 16.5. The minimum Gasteiger partial charge on any atom is -0.361 e. The number of rotatable bonds is 4. The van der Waals surface area contributed by atoms with E-state index in [1.165, 1.54) is 30.5 Å². The van der Waals surface area contributed by atoms with E-state index in [1.807, 2.05) is 13.1 Å². The molecule has 0 bridgehead atoms. The summed E-state index contributed by atoms with van der Waals surface area (Å²) in [6, 6.07) is 2.24. The number of fused-ring (bicyclic) bond motifs is 1. The van der Waals surface area contributed by atoms with Crippen molar-refractivity contribution in [2.24, 2.45) is 11.8 Å². The van der Waals surface area contributed by atoms with Crippen molar-refractivity contribution in [2.75, 3.05) is 31.1 Å². The highest BCUT2D eigenvalue weighted by Crippen LogP contribution is 2.38. The summed E-state index contributed by atoms with van der Waals surface area (Å²) in [6.07, 6.45) is 7.55. The minimum atomic E-state index is 0.672. The Morgan fingerprint density at radius 3 is 2.56 bits per heavy atom. The van der Waals surface area contributed by atoms with Crippen molar-refractivity contribution in [3.05, 3.63) is 35.6 Å². The van der Waals surface area contributed by atoms with Gasteiger partial charge in [-0.1, -0.05) is 11.6 Å². The molecule has 1 saturated carbocycles. The molecule has 4 heterocycles. The fourth-order valence-corrected chi connectivity index (χ4v) is 4.58. The normalized spacial score (nSPS) is 26.8. The van der Waals surface area contributed by atoms with Crippen molar-refractivity contribution in [1.82, 2.24) is 20.0 Å². The third kappa shape index (κ3) is 2.82. The number of anilines is 1. The van der Waals surface area contributed by atoms with Gasteiger partial charge < -0.3 is 9.42 Å². The van der Waals surface area contributed by atoms with E-state index < -0.39 is 0 Å². The van der Waals surface area contributed by atoms with Crippen LogP contribution >= 0.6 is 0 Å². The Balaban J connectivity index is 1.23. The summed E-state index contributed by atoms with van der Waals surface area (Å²) in [7, 11) is 0. The summed E-state index contributed by atoms with van der Waals surface area (Å²) >= 11 is 0. The van der Waals surface area contributed by atoms with E-state index in [1.54, 1.807) is 6.33 Å². The molecule has 3 fully saturated rings. The molecular formula is C19H25N5O. The number of hydrogen-bond donors (Lipinski definition) is 0. The zero-order valence-corrected chi connectivity index (χ0v) is 14.8. The fraction of sp³-hybridized carbons (Fsp3) is 0.632. The van der Waals surface area contributed by atoms with E-state index >= 15 is 0 Å². The van der Waals surface area contributed by atoms with Gasteiger partial charge in [-0.3, -0.25) is 4.90 Å². The Hall–Kier alpha value is -1.95. The van der Waals surface area contributed by atoms with Crippen molar-refractivity contribution in [3.63, 3.8) is 0 Å². The van der Waals surface area contributed by atoms with Gasteiger partial charge in [0.2, 0.25) is 0 Å². The standard InChI is InChI=1S/C19H25N5O/c1-13-15(6-22-25-13)7-23-8-16-10-24(11-17(16)9-23)19-5-18(20-12-21-19)14-3-2-4-14/h5-6,12,14,16-17H,2-4,7-11H2,1H3. The number of aryl methyl sites for hydroxylation is 1. The maximum Gasteiger partial charge on any atom is 0.138 e. The van der Waals surface area contributed by atoms with Gasteiger partial charge in [-0.15, -0.1) is 0 Å². The second-order valence-corrected chi connectivity index (χ2v) is 7.96. The molecule has 3 aliphatic rings. The molecule has 132 valence electrons. The second-order valence-electron chi connectivity index (χ2n) is 7.96. The van der Waals surface area contributed by atoms with Crippen LogP contribution < -0.4 is 4.90 Å². The zero-order valence-electron chi connectivity index (χ0n) is 14.8. The van der Waals surface area contributed by atoms with E-state index in [2.05, 4.69) is 31.0 Å². The number of hydrogen-bond acceptors (Lipinski definition) is 6. The summed E-state index contributed by atoms with van der Waals surface area (Å²) in [5, 5.41) is 3.90. The van der Waals surface area contributed by atoms with Crippen molar-refractivity contribution in [1.29, 1.82) is 0 Å².